The van der Waals surface area contributed by atoms with Gasteiger partial charge in [0, 0.05) is 28.8 Å². The molecule has 0 radical (unpaired) electrons. The average Bonchev–Trinajstić information content (AvgIpc) is 3.18. The molecule has 0 spiro atoms. The lowest BCUT2D eigenvalue weighted by atomic mass is 10.1. The number of carbonyl (C=O) groups excluding carboxylic acids is 1. The molecule has 1 fully saturated rings. The molecule has 3 rings (SSSR count). The van der Waals surface area contributed by atoms with Gasteiger partial charge in [-0.15, -0.1) is 0 Å². The molecule has 0 bridgehead atoms. The SMILES string of the molecule is CC(C1CC1)N(C)c1cc2c(cc1Br)C(O)C(=O)N2. The summed E-state index contributed by atoms with van der Waals surface area (Å²) >= 11 is 3.54. The van der Waals surface area contributed by atoms with Crippen LogP contribution in [0, 0.1) is 5.92 Å². The molecular formula is C14H17BrN2O2. The zero-order valence-electron chi connectivity index (χ0n) is 11.0. The molecule has 1 amide bonds. The number of halogens is 1. The first kappa shape index (κ1) is 12.9. The molecule has 2 unspecified atom stereocenters. The Morgan fingerprint density at radius 1 is 1.47 bits per heavy atom. The number of fused-ring (bicyclic) bond motifs is 1. The second-order valence-corrected chi connectivity index (χ2v) is 6.33. The molecule has 1 aliphatic carbocycles. The third-order valence-electron chi connectivity index (χ3n) is 4.21. The van der Waals surface area contributed by atoms with E-state index in [9.17, 15) is 9.90 Å². The van der Waals surface area contributed by atoms with Crippen LogP contribution in [-0.4, -0.2) is 24.1 Å². The van der Waals surface area contributed by atoms with E-state index in [4.69, 9.17) is 0 Å². The van der Waals surface area contributed by atoms with Crippen LogP contribution in [0.3, 0.4) is 0 Å². The fraction of sp³-hybridized carbons (Fsp3) is 0.500. The van der Waals surface area contributed by atoms with E-state index in [1.807, 2.05) is 12.1 Å². The monoisotopic (exact) mass is 324 g/mol. The Balaban J connectivity index is 1.95. The molecule has 2 N–H and O–H groups in total. The number of aliphatic hydroxyl groups excluding tert-OH is 1. The van der Waals surface area contributed by atoms with Gasteiger partial charge in [-0.3, -0.25) is 4.79 Å². The second-order valence-electron chi connectivity index (χ2n) is 5.47. The molecule has 19 heavy (non-hydrogen) atoms. The summed E-state index contributed by atoms with van der Waals surface area (Å²) in [6.07, 6.45) is 1.54. The van der Waals surface area contributed by atoms with Crippen molar-refractivity contribution in [2.45, 2.75) is 31.9 Å². The molecule has 2 atom stereocenters. The van der Waals surface area contributed by atoms with Gasteiger partial charge in [-0.1, -0.05) is 0 Å². The quantitative estimate of drug-likeness (QED) is 0.898. The molecule has 1 heterocycles. The maximum absolute atomic E-state index is 11.5. The first-order chi connectivity index (χ1) is 8.99. The van der Waals surface area contributed by atoms with Crippen LogP contribution in [0.15, 0.2) is 16.6 Å². The van der Waals surface area contributed by atoms with Gasteiger partial charge in [0.15, 0.2) is 6.10 Å². The first-order valence-electron chi connectivity index (χ1n) is 6.54. The number of benzene rings is 1. The Kier molecular flexibility index (Phi) is 3.06. The predicted octanol–water partition coefficient (Wildman–Crippen LogP) is 2.67. The van der Waals surface area contributed by atoms with Crippen LogP contribution < -0.4 is 10.2 Å². The van der Waals surface area contributed by atoms with Gasteiger partial charge in [0.05, 0.1) is 5.69 Å². The van der Waals surface area contributed by atoms with Gasteiger partial charge in [0.1, 0.15) is 0 Å². The molecule has 4 nitrogen and oxygen atoms in total. The maximum atomic E-state index is 11.5. The van der Waals surface area contributed by atoms with Gasteiger partial charge >= 0.3 is 0 Å². The molecule has 1 aliphatic heterocycles. The largest absolute Gasteiger partial charge is 0.378 e. The van der Waals surface area contributed by atoms with E-state index >= 15 is 0 Å². The zero-order chi connectivity index (χ0) is 13.7. The maximum Gasteiger partial charge on any atom is 0.257 e. The smallest absolute Gasteiger partial charge is 0.257 e. The van der Waals surface area contributed by atoms with Gasteiger partial charge in [-0.2, -0.15) is 0 Å². The fourth-order valence-electron chi connectivity index (χ4n) is 2.64. The summed E-state index contributed by atoms with van der Waals surface area (Å²) in [4.78, 5) is 13.7. The van der Waals surface area contributed by atoms with Crippen molar-refractivity contribution < 1.29 is 9.90 Å². The minimum Gasteiger partial charge on any atom is -0.378 e. The van der Waals surface area contributed by atoms with E-state index in [1.54, 1.807) is 0 Å². The fourth-order valence-corrected chi connectivity index (χ4v) is 3.28. The van der Waals surface area contributed by atoms with Crippen molar-refractivity contribution in [3.63, 3.8) is 0 Å². The van der Waals surface area contributed by atoms with Crippen LogP contribution in [-0.2, 0) is 4.79 Å². The van der Waals surface area contributed by atoms with Gasteiger partial charge in [0.25, 0.3) is 5.91 Å². The molecule has 1 aromatic rings. The van der Waals surface area contributed by atoms with Gasteiger partial charge in [-0.25, -0.2) is 0 Å². The Morgan fingerprint density at radius 2 is 2.16 bits per heavy atom. The van der Waals surface area contributed by atoms with Gasteiger partial charge in [-0.05, 0) is 53.7 Å². The lowest BCUT2D eigenvalue weighted by Crippen LogP contribution is -2.30. The number of aliphatic hydroxyl groups is 1. The van der Waals surface area contributed by atoms with E-state index in [1.165, 1.54) is 12.8 Å². The molecule has 5 heteroatoms. The summed E-state index contributed by atoms with van der Waals surface area (Å²) in [7, 11) is 2.07. The number of nitrogens with zero attached hydrogens (tertiary/aromatic N) is 1. The summed E-state index contributed by atoms with van der Waals surface area (Å²) in [6, 6.07) is 4.26. The van der Waals surface area contributed by atoms with Crippen LogP contribution in [0.25, 0.3) is 0 Å². The summed E-state index contributed by atoms with van der Waals surface area (Å²) < 4.78 is 0.914. The molecule has 0 saturated heterocycles. The van der Waals surface area contributed by atoms with E-state index in [0.29, 0.717) is 17.3 Å². The minimum atomic E-state index is -1.05. The number of amides is 1. The summed E-state index contributed by atoms with van der Waals surface area (Å²) in [5.41, 5.74) is 2.41. The van der Waals surface area contributed by atoms with Gasteiger partial charge in [0.2, 0.25) is 0 Å². The topological polar surface area (TPSA) is 52.6 Å². The highest BCUT2D eigenvalue weighted by molar-refractivity contribution is 9.10. The Bertz CT molecular complexity index is 542. The molecule has 2 aliphatic rings. The highest BCUT2D eigenvalue weighted by atomic mass is 79.9. The Hall–Kier alpha value is -1.07. The third kappa shape index (κ3) is 2.15. The highest BCUT2D eigenvalue weighted by Gasteiger charge is 2.33. The second kappa shape index (κ2) is 4.49. The third-order valence-corrected chi connectivity index (χ3v) is 4.85. The lowest BCUT2D eigenvalue weighted by Gasteiger charge is -2.28. The van der Waals surface area contributed by atoms with Crippen LogP contribution in [0.1, 0.15) is 31.4 Å². The molecule has 102 valence electrons. The number of carbonyl (C=O) groups is 1. The lowest BCUT2D eigenvalue weighted by molar-refractivity contribution is -0.123. The number of anilines is 2. The van der Waals surface area contributed by atoms with Crippen molar-refractivity contribution in [2.24, 2.45) is 5.92 Å². The zero-order valence-corrected chi connectivity index (χ0v) is 12.6. The molecule has 0 aromatic heterocycles. The minimum absolute atomic E-state index is 0.350. The summed E-state index contributed by atoms with van der Waals surface area (Å²) in [5, 5.41) is 12.5. The van der Waals surface area contributed by atoms with E-state index < -0.39 is 6.10 Å². The number of rotatable bonds is 3. The number of hydrogen-bond acceptors (Lipinski definition) is 3. The first-order valence-corrected chi connectivity index (χ1v) is 7.33. The normalized spacial score (nSPS) is 22.9. The Labute approximate surface area is 120 Å². The van der Waals surface area contributed by atoms with E-state index in [0.717, 1.165) is 16.1 Å². The summed E-state index contributed by atoms with van der Waals surface area (Å²) in [5.74, 6) is 0.419. The average molecular weight is 325 g/mol. The van der Waals surface area contributed by atoms with Crippen LogP contribution >= 0.6 is 15.9 Å². The molecule has 1 aromatic carbocycles. The predicted molar refractivity (Wildman–Crippen MR) is 78.3 cm³/mol. The van der Waals surface area contributed by atoms with E-state index in [-0.39, 0.29) is 5.91 Å². The van der Waals surface area contributed by atoms with Crippen LogP contribution in [0.2, 0.25) is 0 Å². The van der Waals surface area contributed by atoms with Gasteiger partial charge < -0.3 is 15.3 Å². The number of nitrogens with one attached hydrogen (secondary N) is 1. The Morgan fingerprint density at radius 3 is 2.79 bits per heavy atom. The van der Waals surface area contributed by atoms with Crippen LogP contribution in [0.5, 0.6) is 0 Å². The van der Waals surface area contributed by atoms with Crippen molar-refractivity contribution in [3.05, 3.63) is 22.2 Å². The molecule has 1 saturated carbocycles. The standard InChI is InChI=1S/C14H17BrN2O2/c1-7(8-3-4-8)17(2)12-6-11-9(5-10(12)15)13(18)14(19)16-11/h5-8,13,18H,3-4H2,1-2H3,(H,16,19). The summed E-state index contributed by atoms with van der Waals surface area (Å²) in [6.45, 7) is 2.23. The number of hydrogen-bond donors (Lipinski definition) is 2. The van der Waals surface area contributed by atoms with Crippen LogP contribution in [0.4, 0.5) is 11.4 Å². The molecular weight excluding hydrogens is 308 g/mol. The van der Waals surface area contributed by atoms with Crippen molar-refractivity contribution in [3.8, 4) is 0 Å². The highest BCUT2D eigenvalue weighted by Crippen LogP contribution is 2.42. The van der Waals surface area contributed by atoms with E-state index in [2.05, 4.69) is 40.1 Å². The van der Waals surface area contributed by atoms with Crippen molar-refractivity contribution in [1.82, 2.24) is 0 Å². The van der Waals surface area contributed by atoms with Crippen molar-refractivity contribution in [2.75, 3.05) is 17.3 Å². The van der Waals surface area contributed by atoms with Crippen molar-refractivity contribution >= 4 is 33.2 Å². The van der Waals surface area contributed by atoms with Crippen molar-refractivity contribution in [1.29, 1.82) is 0 Å².